The number of hydrogen-bond donors (Lipinski definition) is 1. The number of amides is 1. The SMILES string of the molecule is CN(Cc1cccnc1)C(=O)C1CCC(N)C1. The van der Waals surface area contributed by atoms with Gasteiger partial charge in [0, 0.05) is 37.9 Å². The summed E-state index contributed by atoms with van der Waals surface area (Å²) in [7, 11) is 1.85. The molecule has 1 aromatic rings. The molecule has 1 fully saturated rings. The second-order valence-corrected chi connectivity index (χ2v) is 4.83. The Morgan fingerprint density at radius 2 is 2.41 bits per heavy atom. The van der Waals surface area contributed by atoms with Crippen LogP contribution >= 0.6 is 0 Å². The molecule has 2 atom stereocenters. The van der Waals surface area contributed by atoms with Gasteiger partial charge in [0.2, 0.25) is 5.91 Å². The van der Waals surface area contributed by atoms with E-state index < -0.39 is 0 Å². The van der Waals surface area contributed by atoms with Gasteiger partial charge in [-0.1, -0.05) is 6.07 Å². The lowest BCUT2D eigenvalue weighted by Crippen LogP contribution is -2.32. The van der Waals surface area contributed by atoms with Crippen molar-refractivity contribution in [2.45, 2.75) is 31.8 Å². The number of nitrogens with two attached hydrogens (primary N) is 1. The number of rotatable bonds is 3. The third-order valence-corrected chi connectivity index (χ3v) is 3.34. The van der Waals surface area contributed by atoms with Gasteiger partial charge in [-0.25, -0.2) is 0 Å². The van der Waals surface area contributed by atoms with Crippen LogP contribution in [0.4, 0.5) is 0 Å². The number of nitrogens with zero attached hydrogens (tertiary/aromatic N) is 2. The molecule has 1 aliphatic rings. The van der Waals surface area contributed by atoms with E-state index in [-0.39, 0.29) is 17.9 Å². The maximum absolute atomic E-state index is 12.1. The Morgan fingerprint density at radius 1 is 1.59 bits per heavy atom. The molecule has 4 heteroatoms. The Morgan fingerprint density at radius 3 is 3.00 bits per heavy atom. The highest BCUT2D eigenvalue weighted by Crippen LogP contribution is 2.26. The van der Waals surface area contributed by atoms with Crippen LogP contribution in [0.1, 0.15) is 24.8 Å². The van der Waals surface area contributed by atoms with Crippen molar-refractivity contribution in [1.82, 2.24) is 9.88 Å². The van der Waals surface area contributed by atoms with Crippen LogP contribution in [-0.4, -0.2) is 28.9 Å². The summed E-state index contributed by atoms with van der Waals surface area (Å²) in [6, 6.07) is 4.08. The summed E-state index contributed by atoms with van der Waals surface area (Å²) in [5.74, 6) is 0.327. The van der Waals surface area contributed by atoms with Gasteiger partial charge in [-0.2, -0.15) is 0 Å². The monoisotopic (exact) mass is 233 g/mol. The van der Waals surface area contributed by atoms with Gasteiger partial charge in [0.25, 0.3) is 0 Å². The van der Waals surface area contributed by atoms with E-state index in [0.29, 0.717) is 6.54 Å². The third-order valence-electron chi connectivity index (χ3n) is 3.34. The molecule has 1 heterocycles. The quantitative estimate of drug-likeness (QED) is 0.852. The summed E-state index contributed by atoms with van der Waals surface area (Å²) < 4.78 is 0. The summed E-state index contributed by atoms with van der Waals surface area (Å²) in [5, 5.41) is 0. The first-order valence-electron chi connectivity index (χ1n) is 6.06. The largest absolute Gasteiger partial charge is 0.341 e. The van der Waals surface area contributed by atoms with E-state index in [1.807, 2.05) is 19.2 Å². The van der Waals surface area contributed by atoms with Crippen molar-refractivity contribution >= 4 is 5.91 Å². The highest BCUT2D eigenvalue weighted by molar-refractivity contribution is 5.78. The van der Waals surface area contributed by atoms with Crippen LogP contribution in [0.3, 0.4) is 0 Å². The zero-order valence-corrected chi connectivity index (χ0v) is 10.2. The Kier molecular flexibility index (Phi) is 3.74. The molecule has 2 rings (SSSR count). The second-order valence-electron chi connectivity index (χ2n) is 4.83. The van der Waals surface area contributed by atoms with Crippen molar-refractivity contribution in [1.29, 1.82) is 0 Å². The molecule has 0 bridgehead atoms. The Labute approximate surface area is 102 Å². The summed E-state index contributed by atoms with van der Waals surface area (Å²) in [5.41, 5.74) is 6.90. The Balaban J connectivity index is 1.92. The zero-order valence-electron chi connectivity index (χ0n) is 10.2. The molecule has 0 radical (unpaired) electrons. The molecule has 17 heavy (non-hydrogen) atoms. The fourth-order valence-electron chi connectivity index (χ4n) is 2.40. The molecule has 0 aromatic carbocycles. The zero-order chi connectivity index (χ0) is 12.3. The Hall–Kier alpha value is -1.42. The topological polar surface area (TPSA) is 59.2 Å². The van der Waals surface area contributed by atoms with Crippen LogP contribution in [0.2, 0.25) is 0 Å². The number of carbonyl (C=O) groups excluding carboxylic acids is 1. The maximum Gasteiger partial charge on any atom is 0.225 e. The first kappa shape index (κ1) is 12.0. The molecule has 1 saturated carbocycles. The standard InChI is InChI=1S/C13H19N3O/c1-16(9-10-3-2-6-15-8-10)13(17)11-4-5-12(14)7-11/h2-3,6,8,11-12H,4-5,7,9,14H2,1H3. The van der Waals surface area contributed by atoms with E-state index in [1.165, 1.54) is 0 Å². The lowest BCUT2D eigenvalue weighted by molar-refractivity contribution is -0.134. The van der Waals surface area contributed by atoms with E-state index in [9.17, 15) is 4.79 Å². The fourth-order valence-corrected chi connectivity index (χ4v) is 2.40. The molecule has 0 aliphatic heterocycles. The average molecular weight is 233 g/mol. The smallest absolute Gasteiger partial charge is 0.225 e. The molecule has 0 saturated heterocycles. The van der Waals surface area contributed by atoms with E-state index in [0.717, 1.165) is 24.8 Å². The van der Waals surface area contributed by atoms with Crippen molar-refractivity contribution in [2.24, 2.45) is 11.7 Å². The van der Waals surface area contributed by atoms with Gasteiger partial charge in [-0.15, -0.1) is 0 Å². The van der Waals surface area contributed by atoms with Crippen molar-refractivity contribution < 1.29 is 4.79 Å². The first-order valence-corrected chi connectivity index (χ1v) is 6.06. The molecule has 4 nitrogen and oxygen atoms in total. The molecular formula is C13H19N3O. The van der Waals surface area contributed by atoms with E-state index in [2.05, 4.69) is 4.98 Å². The van der Waals surface area contributed by atoms with Crippen LogP contribution in [0, 0.1) is 5.92 Å². The summed E-state index contributed by atoms with van der Waals surface area (Å²) >= 11 is 0. The summed E-state index contributed by atoms with van der Waals surface area (Å²) in [6.45, 7) is 0.623. The van der Waals surface area contributed by atoms with Gasteiger partial charge in [0.05, 0.1) is 0 Å². The summed E-state index contributed by atoms with van der Waals surface area (Å²) in [4.78, 5) is 18.0. The van der Waals surface area contributed by atoms with Crippen LogP contribution in [0.5, 0.6) is 0 Å². The number of aromatic nitrogens is 1. The molecule has 92 valence electrons. The lowest BCUT2D eigenvalue weighted by Gasteiger charge is -2.21. The van der Waals surface area contributed by atoms with Gasteiger partial charge in [-0.3, -0.25) is 9.78 Å². The number of carbonyl (C=O) groups is 1. The molecular weight excluding hydrogens is 214 g/mol. The van der Waals surface area contributed by atoms with Gasteiger partial charge >= 0.3 is 0 Å². The van der Waals surface area contributed by atoms with Crippen molar-refractivity contribution in [2.75, 3.05) is 7.05 Å². The number of pyridine rings is 1. The van der Waals surface area contributed by atoms with E-state index in [4.69, 9.17) is 5.73 Å². The minimum absolute atomic E-state index is 0.117. The van der Waals surface area contributed by atoms with Crippen LogP contribution in [0.25, 0.3) is 0 Å². The minimum Gasteiger partial charge on any atom is -0.341 e. The maximum atomic E-state index is 12.1. The highest BCUT2D eigenvalue weighted by atomic mass is 16.2. The van der Waals surface area contributed by atoms with Crippen LogP contribution in [-0.2, 0) is 11.3 Å². The third kappa shape index (κ3) is 3.03. The van der Waals surface area contributed by atoms with Gasteiger partial charge in [0.15, 0.2) is 0 Å². The van der Waals surface area contributed by atoms with Crippen molar-refractivity contribution in [3.63, 3.8) is 0 Å². The van der Waals surface area contributed by atoms with Crippen molar-refractivity contribution in [3.8, 4) is 0 Å². The predicted molar refractivity (Wildman–Crippen MR) is 66.0 cm³/mol. The second kappa shape index (κ2) is 5.27. The molecule has 2 N–H and O–H groups in total. The fraction of sp³-hybridized carbons (Fsp3) is 0.538. The van der Waals surface area contributed by atoms with Gasteiger partial charge in [-0.05, 0) is 30.9 Å². The molecule has 1 aromatic heterocycles. The molecule has 2 unspecified atom stereocenters. The van der Waals surface area contributed by atoms with Crippen LogP contribution < -0.4 is 5.73 Å². The molecule has 1 amide bonds. The van der Waals surface area contributed by atoms with Gasteiger partial charge < -0.3 is 10.6 Å². The van der Waals surface area contributed by atoms with Crippen molar-refractivity contribution in [3.05, 3.63) is 30.1 Å². The normalized spacial score (nSPS) is 23.6. The van der Waals surface area contributed by atoms with Crippen LogP contribution in [0.15, 0.2) is 24.5 Å². The van der Waals surface area contributed by atoms with Gasteiger partial charge in [0.1, 0.15) is 0 Å². The number of hydrogen-bond acceptors (Lipinski definition) is 3. The highest BCUT2D eigenvalue weighted by Gasteiger charge is 2.29. The molecule has 0 spiro atoms. The predicted octanol–water partition coefficient (Wildman–Crippen LogP) is 1.17. The first-order chi connectivity index (χ1) is 8.16. The Bertz CT molecular complexity index is 380. The summed E-state index contributed by atoms with van der Waals surface area (Å²) in [6.07, 6.45) is 6.26. The lowest BCUT2D eigenvalue weighted by atomic mass is 10.1. The molecule has 1 aliphatic carbocycles. The average Bonchev–Trinajstić information content (AvgIpc) is 2.76. The van der Waals surface area contributed by atoms with E-state index in [1.54, 1.807) is 17.3 Å². The van der Waals surface area contributed by atoms with E-state index >= 15 is 0 Å². The minimum atomic E-state index is 0.117.